The summed E-state index contributed by atoms with van der Waals surface area (Å²) in [4.78, 5) is 10.3. The van der Waals surface area contributed by atoms with Crippen LogP contribution in [0.1, 0.15) is 0 Å². The minimum Gasteiger partial charge on any atom is -0.466 e. The van der Waals surface area contributed by atoms with Crippen molar-refractivity contribution in [3.63, 3.8) is 0 Å². The maximum absolute atomic E-state index is 10.3. The quantitative estimate of drug-likeness (QED) is 0.309. The molecule has 0 fully saturated rings. The third-order valence-corrected chi connectivity index (χ3v) is 0.685. The van der Waals surface area contributed by atoms with Crippen LogP contribution in [-0.2, 0) is 9.53 Å². The van der Waals surface area contributed by atoms with Crippen molar-refractivity contribution in [1.29, 1.82) is 0 Å². The van der Waals surface area contributed by atoms with Gasteiger partial charge in [0.25, 0.3) is 0 Å². The van der Waals surface area contributed by atoms with Gasteiger partial charge in [0.2, 0.25) is 0 Å². The van der Waals surface area contributed by atoms with Crippen LogP contribution < -0.4 is 0 Å². The lowest BCUT2D eigenvalue weighted by Crippen LogP contribution is -1.92. The number of allylic oxidation sites excluding steroid dienone is 1. The van der Waals surface area contributed by atoms with Gasteiger partial charge in [0.1, 0.15) is 6.61 Å². The number of esters is 1. The summed E-state index contributed by atoms with van der Waals surface area (Å²) < 4.78 is 4.27. The van der Waals surface area contributed by atoms with E-state index in [9.17, 15) is 4.79 Å². The number of carbonyl (C=O) groups is 1. The van der Waals surface area contributed by atoms with Gasteiger partial charge in [0.15, 0.2) is 0 Å². The fourth-order valence-corrected chi connectivity index (χ4v) is 0.282. The molecule has 0 aliphatic heterocycles. The molecule has 0 heterocycles. The molecule has 3 nitrogen and oxygen atoms in total. The predicted octanol–water partition coefficient (Wildman–Crippen LogP) is -0.289. The van der Waals surface area contributed by atoms with Gasteiger partial charge in [-0.25, -0.2) is 4.79 Å². The van der Waals surface area contributed by atoms with Gasteiger partial charge in [-0.05, 0) is 6.08 Å². The van der Waals surface area contributed by atoms with Crippen LogP contribution >= 0.6 is 0 Å². The molecule has 0 amide bonds. The number of aliphatic hydroxyl groups is 1. The number of aliphatic hydroxyl groups excluding tert-OH is 1. The molecule has 0 saturated heterocycles. The van der Waals surface area contributed by atoms with E-state index in [2.05, 4.69) is 16.6 Å². The van der Waals surface area contributed by atoms with Gasteiger partial charge in [-0.3, -0.25) is 0 Å². The average molecular weight is 140 g/mol. The molecular weight excluding hydrogens is 132 g/mol. The number of carbonyl (C=O) groups excluding carboxylic acids is 1. The van der Waals surface area contributed by atoms with E-state index in [1.165, 1.54) is 19.3 Å². The first-order valence-corrected chi connectivity index (χ1v) is 2.65. The standard InChI is InChI=1S/C7H8O3/c1-10-7(9)5-3-2-4-6-8/h3,5,8H,6H2,1H3. The fraction of sp³-hybridized carbons (Fsp3) is 0.286. The van der Waals surface area contributed by atoms with E-state index in [0.717, 1.165) is 0 Å². The largest absolute Gasteiger partial charge is 0.466 e. The molecule has 0 rings (SSSR count). The van der Waals surface area contributed by atoms with Gasteiger partial charge < -0.3 is 9.84 Å². The maximum atomic E-state index is 10.3. The zero-order valence-electron chi connectivity index (χ0n) is 5.63. The molecule has 0 bridgehead atoms. The van der Waals surface area contributed by atoms with Crippen molar-refractivity contribution >= 4 is 5.97 Å². The fourth-order valence-electron chi connectivity index (χ4n) is 0.282. The van der Waals surface area contributed by atoms with Gasteiger partial charge in [-0.1, -0.05) is 11.8 Å². The average Bonchev–Trinajstić information content (AvgIpc) is 1.98. The first-order chi connectivity index (χ1) is 4.81. The Balaban J connectivity index is 3.65. The number of rotatable bonds is 1. The van der Waals surface area contributed by atoms with Crippen molar-refractivity contribution in [2.45, 2.75) is 0 Å². The molecule has 3 heteroatoms. The molecule has 0 aromatic heterocycles. The molecule has 0 radical (unpaired) electrons. The summed E-state index contributed by atoms with van der Waals surface area (Å²) in [6.07, 6.45) is 2.50. The zero-order chi connectivity index (χ0) is 7.82. The summed E-state index contributed by atoms with van der Waals surface area (Å²) in [6.45, 7) is -0.203. The summed E-state index contributed by atoms with van der Waals surface area (Å²) in [6, 6.07) is 0. The van der Waals surface area contributed by atoms with E-state index in [0.29, 0.717) is 0 Å². The molecule has 10 heavy (non-hydrogen) atoms. The molecule has 54 valence electrons. The lowest BCUT2D eigenvalue weighted by Gasteiger charge is -1.84. The molecule has 0 spiro atoms. The molecular formula is C7H8O3. The third-order valence-electron chi connectivity index (χ3n) is 0.685. The highest BCUT2D eigenvalue weighted by atomic mass is 16.5. The zero-order valence-corrected chi connectivity index (χ0v) is 5.63. The van der Waals surface area contributed by atoms with E-state index >= 15 is 0 Å². The van der Waals surface area contributed by atoms with E-state index in [1.807, 2.05) is 0 Å². The number of methoxy groups -OCH3 is 1. The van der Waals surface area contributed by atoms with Crippen LogP contribution in [0, 0.1) is 11.8 Å². The van der Waals surface area contributed by atoms with Crippen molar-refractivity contribution in [2.75, 3.05) is 13.7 Å². The molecule has 1 N–H and O–H groups in total. The molecule has 0 saturated carbocycles. The Hall–Kier alpha value is -1.27. The van der Waals surface area contributed by atoms with Crippen molar-refractivity contribution in [3.05, 3.63) is 12.2 Å². The predicted molar refractivity (Wildman–Crippen MR) is 36.0 cm³/mol. The van der Waals surface area contributed by atoms with Crippen LogP contribution in [0.5, 0.6) is 0 Å². The van der Waals surface area contributed by atoms with E-state index in [-0.39, 0.29) is 6.61 Å². The van der Waals surface area contributed by atoms with Gasteiger partial charge in [0, 0.05) is 6.08 Å². The Morgan fingerprint density at radius 3 is 3.00 bits per heavy atom. The van der Waals surface area contributed by atoms with E-state index < -0.39 is 5.97 Å². The highest BCUT2D eigenvalue weighted by Gasteiger charge is 1.85. The molecule has 0 aliphatic carbocycles. The Labute approximate surface area is 59.3 Å². The van der Waals surface area contributed by atoms with Crippen molar-refractivity contribution in [1.82, 2.24) is 0 Å². The number of ether oxygens (including phenoxy) is 1. The van der Waals surface area contributed by atoms with Crippen LogP contribution in [-0.4, -0.2) is 24.8 Å². The van der Waals surface area contributed by atoms with Crippen LogP contribution in [0.15, 0.2) is 12.2 Å². The summed E-state index contributed by atoms with van der Waals surface area (Å²) in [5.74, 6) is 4.31. The minimum absolute atomic E-state index is 0.203. The van der Waals surface area contributed by atoms with Crippen molar-refractivity contribution < 1.29 is 14.6 Å². The van der Waals surface area contributed by atoms with Gasteiger partial charge in [-0.15, -0.1) is 0 Å². The van der Waals surface area contributed by atoms with Crippen LogP contribution in [0.2, 0.25) is 0 Å². The van der Waals surface area contributed by atoms with Crippen molar-refractivity contribution in [2.24, 2.45) is 0 Å². The summed E-state index contributed by atoms with van der Waals surface area (Å²) in [5.41, 5.74) is 0. The molecule has 0 aromatic rings. The Morgan fingerprint density at radius 1 is 1.80 bits per heavy atom. The van der Waals surface area contributed by atoms with Crippen LogP contribution in [0.25, 0.3) is 0 Å². The Bertz CT molecular complexity index is 183. The Morgan fingerprint density at radius 2 is 2.50 bits per heavy atom. The molecule has 0 atom stereocenters. The minimum atomic E-state index is -0.452. The van der Waals surface area contributed by atoms with Gasteiger partial charge in [0.05, 0.1) is 7.11 Å². The third kappa shape index (κ3) is 4.88. The second-order valence-corrected chi connectivity index (χ2v) is 1.34. The maximum Gasteiger partial charge on any atom is 0.331 e. The van der Waals surface area contributed by atoms with E-state index in [4.69, 9.17) is 5.11 Å². The molecule has 0 aliphatic rings. The van der Waals surface area contributed by atoms with Crippen LogP contribution in [0.4, 0.5) is 0 Å². The SMILES string of the molecule is COC(=O)C=CC#CCO. The van der Waals surface area contributed by atoms with Gasteiger partial charge in [-0.2, -0.15) is 0 Å². The lowest BCUT2D eigenvalue weighted by molar-refractivity contribution is -0.134. The van der Waals surface area contributed by atoms with Crippen LogP contribution in [0.3, 0.4) is 0 Å². The van der Waals surface area contributed by atoms with E-state index in [1.54, 1.807) is 0 Å². The monoisotopic (exact) mass is 140 g/mol. The molecule has 0 unspecified atom stereocenters. The van der Waals surface area contributed by atoms with Crippen molar-refractivity contribution in [3.8, 4) is 11.8 Å². The summed E-state index contributed by atoms with van der Waals surface area (Å²) >= 11 is 0. The highest BCUT2D eigenvalue weighted by molar-refractivity contribution is 5.82. The molecule has 0 aromatic carbocycles. The normalized spacial score (nSPS) is 8.60. The summed E-state index contributed by atoms with van der Waals surface area (Å²) in [7, 11) is 1.28. The topological polar surface area (TPSA) is 46.5 Å². The first-order valence-electron chi connectivity index (χ1n) is 2.65. The Kier molecular flexibility index (Phi) is 5.12. The number of hydrogen-bond donors (Lipinski definition) is 1. The second kappa shape index (κ2) is 5.86. The second-order valence-electron chi connectivity index (χ2n) is 1.34. The van der Waals surface area contributed by atoms with Gasteiger partial charge >= 0.3 is 5.97 Å². The first kappa shape index (κ1) is 8.73. The lowest BCUT2D eigenvalue weighted by atomic mass is 10.5. The smallest absolute Gasteiger partial charge is 0.331 e. The number of hydrogen-bond acceptors (Lipinski definition) is 3. The summed E-state index contributed by atoms with van der Waals surface area (Å²) in [5, 5.41) is 8.17. The highest BCUT2D eigenvalue weighted by Crippen LogP contribution is 1.75.